The van der Waals surface area contributed by atoms with Crippen LogP contribution < -0.4 is 10.5 Å². The predicted octanol–water partition coefficient (Wildman–Crippen LogP) is 3.38. The number of benzene rings is 2. The SMILES string of the molecule is Cc1cc(C)cc(Oc2ccc(N)cc2C(=O)O)c1. The van der Waals surface area contributed by atoms with Gasteiger partial charge in [0.15, 0.2) is 0 Å². The van der Waals surface area contributed by atoms with Gasteiger partial charge in [0.05, 0.1) is 0 Å². The number of rotatable bonds is 3. The summed E-state index contributed by atoms with van der Waals surface area (Å²) in [6.07, 6.45) is 0. The minimum absolute atomic E-state index is 0.0548. The molecule has 98 valence electrons. The van der Waals surface area contributed by atoms with E-state index in [9.17, 15) is 4.79 Å². The zero-order valence-electron chi connectivity index (χ0n) is 10.8. The molecule has 0 heterocycles. The van der Waals surface area contributed by atoms with Crippen molar-refractivity contribution in [2.45, 2.75) is 13.8 Å². The van der Waals surface area contributed by atoms with E-state index in [4.69, 9.17) is 15.6 Å². The van der Waals surface area contributed by atoms with Gasteiger partial charge in [0.25, 0.3) is 0 Å². The molecule has 0 amide bonds. The number of carboxylic acids is 1. The van der Waals surface area contributed by atoms with E-state index in [0.29, 0.717) is 11.4 Å². The third-order valence-corrected chi connectivity index (χ3v) is 2.66. The number of ether oxygens (including phenoxy) is 1. The molecule has 0 radical (unpaired) electrons. The molecule has 2 aromatic carbocycles. The molecule has 4 heteroatoms. The summed E-state index contributed by atoms with van der Waals surface area (Å²) < 4.78 is 5.65. The lowest BCUT2D eigenvalue weighted by molar-refractivity contribution is 0.0694. The molecule has 0 unspecified atom stereocenters. The fourth-order valence-electron chi connectivity index (χ4n) is 1.92. The lowest BCUT2D eigenvalue weighted by Crippen LogP contribution is -2.01. The highest BCUT2D eigenvalue weighted by Gasteiger charge is 2.12. The van der Waals surface area contributed by atoms with Gasteiger partial charge >= 0.3 is 5.97 Å². The molecule has 0 aromatic heterocycles. The number of nitrogen functional groups attached to an aromatic ring is 1. The van der Waals surface area contributed by atoms with Crippen LogP contribution in [0.4, 0.5) is 5.69 Å². The molecule has 0 spiro atoms. The topological polar surface area (TPSA) is 72.5 Å². The van der Waals surface area contributed by atoms with Gasteiger partial charge in [0.2, 0.25) is 0 Å². The van der Waals surface area contributed by atoms with Crippen LogP contribution in [0.5, 0.6) is 11.5 Å². The van der Waals surface area contributed by atoms with Crippen LogP contribution in [0.1, 0.15) is 21.5 Å². The van der Waals surface area contributed by atoms with Gasteiger partial charge in [-0.05, 0) is 55.3 Å². The normalized spacial score (nSPS) is 10.2. The van der Waals surface area contributed by atoms with Crippen LogP contribution in [0.3, 0.4) is 0 Å². The molecule has 0 aliphatic rings. The summed E-state index contributed by atoms with van der Waals surface area (Å²) >= 11 is 0. The molecule has 4 nitrogen and oxygen atoms in total. The second kappa shape index (κ2) is 5.02. The molecule has 0 bridgehead atoms. The van der Waals surface area contributed by atoms with Gasteiger partial charge in [-0.15, -0.1) is 0 Å². The number of hydrogen-bond acceptors (Lipinski definition) is 3. The lowest BCUT2D eigenvalue weighted by atomic mass is 10.1. The first-order valence-electron chi connectivity index (χ1n) is 5.84. The Morgan fingerprint density at radius 3 is 2.32 bits per heavy atom. The summed E-state index contributed by atoms with van der Waals surface area (Å²) in [4.78, 5) is 11.2. The Bertz CT molecular complexity index is 615. The third-order valence-electron chi connectivity index (χ3n) is 2.66. The van der Waals surface area contributed by atoms with Crippen molar-refractivity contribution in [3.8, 4) is 11.5 Å². The van der Waals surface area contributed by atoms with E-state index >= 15 is 0 Å². The molecule has 2 aromatic rings. The Kier molecular flexibility index (Phi) is 3.42. The first kappa shape index (κ1) is 13.0. The van der Waals surface area contributed by atoms with Crippen molar-refractivity contribution in [2.75, 3.05) is 5.73 Å². The number of aryl methyl sites for hydroxylation is 2. The van der Waals surface area contributed by atoms with E-state index in [0.717, 1.165) is 11.1 Å². The van der Waals surface area contributed by atoms with Crippen molar-refractivity contribution >= 4 is 11.7 Å². The maximum absolute atomic E-state index is 11.2. The zero-order valence-corrected chi connectivity index (χ0v) is 10.8. The monoisotopic (exact) mass is 257 g/mol. The molecular weight excluding hydrogens is 242 g/mol. The Morgan fingerprint density at radius 2 is 1.74 bits per heavy atom. The highest BCUT2D eigenvalue weighted by atomic mass is 16.5. The Labute approximate surface area is 111 Å². The fourth-order valence-corrected chi connectivity index (χ4v) is 1.92. The summed E-state index contributed by atoms with van der Waals surface area (Å²) in [5.74, 6) is -0.164. The highest BCUT2D eigenvalue weighted by Crippen LogP contribution is 2.28. The summed E-state index contributed by atoms with van der Waals surface area (Å²) in [6.45, 7) is 3.92. The van der Waals surface area contributed by atoms with Crippen molar-refractivity contribution < 1.29 is 14.6 Å². The minimum Gasteiger partial charge on any atom is -0.478 e. The van der Waals surface area contributed by atoms with Crippen LogP contribution in [0.25, 0.3) is 0 Å². The standard InChI is InChI=1S/C15H15NO3/c1-9-5-10(2)7-12(6-9)19-14-4-3-11(16)8-13(14)15(17)18/h3-8H,16H2,1-2H3,(H,17,18). The van der Waals surface area contributed by atoms with E-state index in [2.05, 4.69) is 0 Å². The molecule has 0 atom stereocenters. The van der Waals surface area contributed by atoms with Crippen molar-refractivity contribution in [1.29, 1.82) is 0 Å². The largest absolute Gasteiger partial charge is 0.478 e. The van der Waals surface area contributed by atoms with Crippen molar-refractivity contribution in [3.63, 3.8) is 0 Å². The van der Waals surface area contributed by atoms with E-state index in [1.807, 2.05) is 32.0 Å². The lowest BCUT2D eigenvalue weighted by Gasteiger charge is -2.10. The van der Waals surface area contributed by atoms with Crippen LogP contribution in [0, 0.1) is 13.8 Å². The zero-order chi connectivity index (χ0) is 14.0. The van der Waals surface area contributed by atoms with Gasteiger partial charge in [-0.1, -0.05) is 6.07 Å². The average molecular weight is 257 g/mol. The van der Waals surface area contributed by atoms with E-state index in [-0.39, 0.29) is 11.3 Å². The fraction of sp³-hybridized carbons (Fsp3) is 0.133. The molecule has 0 aliphatic heterocycles. The smallest absolute Gasteiger partial charge is 0.339 e. The van der Waals surface area contributed by atoms with Crippen LogP contribution in [0.15, 0.2) is 36.4 Å². The van der Waals surface area contributed by atoms with Crippen LogP contribution >= 0.6 is 0 Å². The van der Waals surface area contributed by atoms with Gasteiger partial charge in [0, 0.05) is 5.69 Å². The maximum atomic E-state index is 11.2. The van der Waals surface area contributed by atoms with Gasteiger partial charge < -0.3 is 15.6 Å². The van der Waals surface area contributed by atoms with Crippen LogP contribution in [0.2, 0.25) is 0 Å². The van der Waals surface area contributed by atoms with Crippen LogP contribution in [-0.2, 0) is 0 Å². The maximum Gasteiger partial charge on any atom is 0.339 e. The van der Waals surface area contributed by atoms with E-state index in [1.54, 1.807) is 12.1 Å². The van der Waals surface area contributed by atoms with E-state index in [1.165, 1.54) is 6.07 Å². The molecule has 0 saturated heterocycles. The quantitative estimate of drug-likeness (QED) is 0.827. The van der Waals surface area contributed by atoms with Crippen molar-refractivity contribution in [1.82, 2.24) is 0 Å². The molecule has 3 N–H and O–H groups in total. The number of aromatic carboxylic acids is 1. The summed E-state index contributed by atoms with van der Waals surface area (Å²) in [5, 5.41) is 9.14. The minimum atomic E-state index is -1.06. The first-order valence-corrected chi connectivity index (χ1v) is 5.84. The molecule has 2 rings (SSSR count). The van der Waals surface area contributed by atoms with Gasteiger partial charge in [0.1, 0.15) is 17.1 Å². The molecule has 0 aliphatic carbocycles. The first-order chi connectivity index (χ1) is 8.95. The Balaban J connectivity index is 2.40. The van der Waals surface area contributed by atoms with Gasteiger partial charge in [-0.3, -0.25) is 0 Å². The summed E-state index contributed by atoms with van der Waals surface area (Å²) in [6, 6.07) is 10.3. The Hall–Kier alpha value is -2.49. The van der Waals surface area contributed by atoms with Gasteiger partial charge in [-0.25, -0.2) is 4.79 Å². The Morgan fingerprint density at radius 1 is 1.11 bits per heavy atom. The number of carboxylic acid groups (broad SMARTS) is 1. The molecular formula is C15H15NO3. The van der Waals surface area contributed by atoms with Crippen molar-refractivity contribution in [3.05, 3.63) is 53.1 Å². The predicted molar refractivity (Wildman–Crippen MR) is 73.8 cm³/mol. The second-order valence-corrected chi connectivity index (χ2v) is 4.49. The summed E-state index contributed by atoms with van der Waals surface area (Å²) in [5.41, 5.74) is 8.15. The van der Waals surface area contributed by atoms with Gasteiger partial charge in [-0.2, -0.15) is 0 Å². The molecule has 0 fully saturated rings. The number of hydrogen-bond donors (Lipinski definition) is 2. The third kappa shape index (κ3) is 3.04. The number of nitrogens with two attached hydrogens (primary N) is 1. The number of anilines is 1. The van der Waals surface area contributed by atoms with Crippen LogP contribution in [-0.4, -0.2) is 11.1 Å². The number of carbonyl (C=O) groups is 1. The summed E-state index contributed by atoms with van der Waals surface area (Å²) in [7, 11) is 0. The molecule has 19 heavy (non-hydrogen) atoms. The average Bonchev–Trinajstić information content (AvgIpc) is 2.30. The highest BCUT2D eigenvalue weighted by molar-refractivity contribution is 5.92. The van der Waals surface area contributed by atoms with E-state index < -0.39 is 5.97 Å². The van der Waals surface area contributed by atoms with Crippen molar-refractivity contribution in [2.24, 2.45) is 0 Å². The second-order valence-electron chi connectivity index (χ2n) is 4.49. The molecule has 0 saturated carbocycles.